The lowest BCUT2D eigenvalue weighted by atomic mass is 9.92. The largest absolute Gasteiger partial charge is 0.343 e. The van der Waals surface area contributed by atoms with Gasteiger partial charge in [-0.1, -0.05) is 13.3 Å². The second-order valence-electron chi connectivity index (χ2n) is 5.18. The molecule has 1 aliphatic carbocycles. The van der Waals surface area contributed by atoms with Crippen LogP contribution in [-0.2, 0) is 21.7 Å². The molecule has 2 N–H and O–H groups in total. The maximum absolute atomic E-state index is 6.23. The molecule has 3 rings (SSSR count). The highest BCUT2D eigenvalue weighted by molar-refractivity contribution is 7.12. The number of hydrogen-bond donors (Lipinski definition) is 1. The number of ether oxygens (including phenoxy) is 2. The van der Waals surface area contributed by atoms with Crippen molar-refractivity contribution in [1.82, 2.24) is 0 Å². The molecule has 1 saturated heterocycles. The summed E-state index contributed by atoms with van der Waals surface area (Å²) in [4.78, 5) is 2.71. The van der Waals surface area contributed by atoms with Gasteiger partial charge in [0, 0.05) is 27.8 Å². The van der Waals surface area contributed by atoms with E-state index in [0.29, 0.717) is 13.2 Å². The highest BCUT2D eigenvalue weighted by Gasteiger charge is 2.43. The summed E-state index contributed by atoms with van der Waals surface area (Å²) < 4.78 is 11.8. The van der Waals surface area contributed by atoms with Crippen LogP contribution in [0.25, 0.3) is 0 Å². The van der Waals surface area contributed by atoms with Gasteiger partial charge in [0.15, 0.2) is 5.79 Å². The van der Waals surface area contributed by atoms with E-state index in [1.54, 1.807) is 0 Å². The zero-order valence-electron chi connectivity index (χ0n) is 10.9. The lowest BCUT2D eigenvalue weighted by Crippen LogP contribution is -2.30. The van der Waals surface area contributed by atoms with Gasteiger partial charge in [-0.15, -0.1) is 11.3 Å². The second-order valence-corrected chi connectivity index (χ2v) is 6.35. The summed E-state index contributed by atoms with van der Waals surface area (Å²) in [5.41, 5.74) is 7.50. The van der Waals surface area contributed by atoms with Crippen molar-refractivity contribution in [2.45, 2.75) is 50.9 Å². The Balaban J connectivity index is 1.92. The third-order valence-electron chi connectivity index (χ3n) is 3.87. The van der Waals surface area contributed by atoms with Gasteiger partial charge in [-0.05, 0) is 25.3 Å². The molecule has 18 heavy (non-hydrogen) atoms. The lowest BCUT2D eigenvalue weighted by molar-refractivity contribution is -0.175. The Hall–Kier alpha value is -0.420. The van der Waals surface area contributed by atoms with Crippen molar-refractivity contribution in [2.24, 2.45) is 5.73 Å². The van der Waals surface area contributed by atoms with Crippen LogP contribution in [0.1, 0.15) is 54.0 Å². The van der Waals surface area contributed by atoms with Crippen LogP contribution in [0.15, 0.2) is 6.07 Å². The SMILES string of the molecule is CCCC(N)c1cc2c(s1)CCCC21OCCO1. The molecule has 1 aliphatic heterocycles. The zero-order chi connectivity index (χ0) is 12.6. The Morgan fingerprint density at radius 2 is 2.22 bits per heavy atom. The number of fused-ring (bicyclic) bond motifs is 2. The summed E-state index contributed by atoms with van der Waals surface area (Å²) in [5.74, 6) is -0.436. The fourth-order valence-electron chi connectivity index (χ4n) is 2.96. The minimum Gasteiger partial charge on any atom is -0.343 e. The Labute approximate surface area is 112 Å². The smallest absolute Gasteiger partial charge is 0.196 e. The molecule has 0 radical (unpaired) electrons. The Kier molecular flexibility index (Phi) is 3.45. The van der Waals surface area contributed by atoms with Crippen LogP contribution in [0.3, 0.4) is 0 Å². The zero-order valence-corrected chi connectivity index (χ0v) is 11.7. The predicted octanol–water partition coefficient (Wildman–Crippen LogP) is 3.08. The standard InChI is InChI=1S/C14H21NO2S/c1-2-4-11(15)13-9-10-12(18-13)5-3-6-14(10)16-7-8-17-14/h9,11H,2-8,15H2,1H3. The first kappa shape index (κ1) is 12.6. The fourth-order valence-corrected chi connectivity index (χ4v) is 4.27. The molecule has 1 spiro atoms. The maximum Gasteiger partial charge on any atom is 0.196 e. The molecular weight excluding hydrogens is 246 g/mol. The van der Waals surface area contributed by atoms with Gasteiger partial charge in [0.1, 0.15) is 0 Å². The van der Waals surface area contributed by atoms with Crippen LogP contribution >= 0.6 is 11.3 Å². The predicted molar refractivity (Wildman–Crippen MR) is 72.7 cm³/mol. The third-order valence-corrected chi connectivity index (χ3v) is 5.19. The molecule has 1 atom stereocenters. The fraction of sp³-hybridized carbons (Fsp3) is 0.714. The minimum absolute atomic E-state index is 0.170. The van der Waals surface area contributed by atoms with Gasteiger partial charge in [0.2, 0.25) is 0 Å². The number of rotatable bonds is 3. The van der Waals surface area contributed by atoms with Crippen molar-refractivity contribution in [3.8, 4) is 0 Å². The highest BCUT2D eigenvalue weighted by atomic mass is 32.1. The van der Waals surface area contributed by atoms with Crippen molar-refractivity contribution in [1.29, 1.82) is 0 Å². The number of aryl methyl sites for hydroxylation is 1. The van der Waals surface area contributed by atoms with Crippen molar-refractivity contribution >= 4 is 11.3 Å². The Bertz CT molecular complexity index is 423. The van der Waals surface area contributed by atoms with E-state index in [-0.39, 0.29) is 6.04 Å². The first-order valence-corrected chi connectivity index (χ1v) is 7.73. The van der Waals surface area contributed by atoms with Crippen LogP contribution in [0.4, 0.5) is 0 Å². The molecule has 1 unspecified atom stereocenters. The van der Waals surface area contributed by atoms with Crippen molar-refractivity contribution in [2.75, 3.05) is 13.2 Å². The van der Waals surface area contributed by atoms with Gasteiger partial charge in [0.05, 0.1) is 13.2 Å². The Morgan fingerprint density at radius 1 is 1.44 bits per heavy atom. The van der Waals surface area contributed by atoms with E-state index < -0.39 is 5.79 Å². The van der Waals surface area contributed by atoms with Crippen LogP contribution in [0.2, 0.25) is 0 Å². The molecule has 0 aromatic carbocycles. The highest BCUT2D eigenvalue weighted by Crippen LogP contribution is 2.46. The molecular formula is C14H21NO2S. The minimum atomic E-state index is -0.436. The van der Waals surface area contributed by atoms with Crippen LogP contribution in [0.5, 0.6) is 0 Å². The van der Waals surface area contributed by atoms with Gasteiger partial charge < -0.3 is 15.2 Å². The average molecular weight is 267 g/mol. The van der Waals surface area contributed by atoms with Crippen LogP contribution in [0, 0.1) is 0 Å². The van der Waals surface area contributed by atoms with E-state index in [2.05, 4.69) is 13.0 Å². The molecule has 100 valence electrons. The van der Waals surface area contributed by atoms with Gasteiger partial charge >= 0.3 is 0 Å². The molecule has 0 amide bonds. The monoisotopic (exact) mass is 267 g/mol. The number of hydrogen-bond acceptors (Lipinski definition) is 4. The molecule has 3 nitrogen and oxygen atoms in total. The number of thiophene rings is 1. The summed E-state index contributed by atoms with van der Waals surface area (Å²) >= 11 is 1.86. The quantitative estimate of drug-likeness (QED) is 0.915. The van der Waals surface area contributed by atoms with E-state index in [4.69, 9.17) is 15.2 Å². The van der Waals surface area contributed by atoms with E-state index >= 15 is 0 Å². The van der Waals surface area contributed by atoms with Gasteiger partial charge in [-0.25, -0.2) is 0 Å². The molecule has 2 heterocycles. The third kappa shape index (κ3) is 2.01. The van der Waals surface area contributed by atoms with Crippen molar-refractivity contribution in [3.63, 3.8) is 0 Å². The summed E-state index contributed by atoms with van der Waals surface area (Å²) in [6, 6.07) is 2.41. The average Bonchev–Trinajstić information content (AvgIpc) is 2.97. The molecule has 1 aromatic heterocycles. The van der Waals surface area contributed by atoms with Crippen molar-refractivity contribution < 1.29 is 9.47 Å². The van der Waals surface area contributed by atoms with E-state index in [1.807, 2.05) is 11.3 Å². The molecule has 1 aromatic rings. The van der Waals surface area contributed by atoms with Crippen molar-refractivity contribution in [3.05, 3.63) is 21.4 Å². The summed E-state index contributed by atoms with van der Waals surface area (Å²) in [7, 11) is 0. The summed E-state index contributed by atoms with van der Waals surface area (Å²) in [6.07, 6.45) is 5.46. The molecule has 0 saturated carbocycles. The molecule has 1 fully saturated rings. The maximum atomic E-state index is 6.23. The van der Waals surface area contributed by atoms with Gasteiger partial charge in [0.25, 0.3) is 0 Å². The van der Waals surface area contributed by atoms with E-state index in [1.165, 1.54) is 15.3 Å². The summed E-state index contributed by atoms with van der Waals surface area (Å²) in [6.45, 7) is 3.61. The Morgan fingerprint density at radius 3 is 2.94 bits per heavy atom. The van der Waals surface area contributed by atoms with Gasteiger partial charge in [-0.3, -0.25) is 0 Å². The first-order valence-electron chi connectivity index (χ1n) is 6.92. The topological polar surface area (TPSA) is 44.5 Å². The van der Waals surface area contributed by atoms with Crippen LogP contribution < -0.4 is 5.73 Å². The molecule has 0 bridgehead atoms. The molecule has 4 heteroatoms. The summed E-state index contributed by atoms with van der Waals surface area (Å²) in [5, 5.41) is 0. The van der Waals surface area contributed by atoms with E-state index in [9.17, 15) is 0 Å². The second kappa shape index (κ2) is 4.93. The first-order chi connectivity index (χ1) is 8.75. The van der Waals surface area contributed by atoms with E-state index in [0.717, 1.165) is 32.1 Å². The lowest BCUT2D eigenvalue weighted by Gasteiger charge is -2.31. The van der Waals surface area contributed by atoms with Gasteiger partial charge in [-0.2, -0.15) is 0 Å². The molecule has 2 aliphatic rings. The van der Waals surface area contributed by atoms with Crippen LogP contribution in [-0.4, -0.2) is 13.2 Å². The number of nitrogens with two attached hydrogens (primary N) is 1. The normalized spacial score (nSPS) is 23.2.